The van der Waals surface area contributed by atoms with Crippen molar-refractivity contribution >= 4 is 40.5 Å². The molecule has 10 nitrogen and oxygen atoms in total. The Bertz CT molecular complexity index is 1930. The summed E-state index contributed by atoms with van der Waals surface area (Å²) in [4.78, 5) is 49.3. The molecule has 4 aromatic carbocycles. The van der Waals surface area contributed by atoms with E-state index in [1.165, 1.54) is 4.90 Å². The third-order valence-corrected chi connectivity index (χ3v) is 10.7. The van der Waals surface area contributed by atoms with Gasteiger partial charge < -0.3 is 25.3 Å². The third-order valence-electron chi connectivity index (χ3n) is 10.7. The normalized spacial score (nSPS) is 20.2. The average Bonchev–Trinajstić information content (AvgIpc) is 3.58. The van der Waals surface area contributed by atoms with Crippen molar-refractivity contribution < 1.29 is 24.6 Å². The van der Waals surface area contributed by atoms with Gasteiger partial charge in [0.2, 0.25) is 5.91 Å². The molecule has 3 heterocycles. The van der Waals surface area contributed by atoms with Crippen molar-refractivity contribution in [1.82, 2.24) is 10.2 Å². The van der Waals surface area contributed by atoms with Gasteiger partial charge in [-0.05, 0) is 74.0 Å². The second-order valence-corrected chi connectivity index (χ2v) is 13.8. The number of aliphatic hydroxyl groups excluding tert-OH is 1. The van der Waals surface area contributed by atoms with E-state index in [9.17, 15) is 24.6 Å². The second kappa shape index (κ2) is 14.7. The summed E-state index contributed by atoms with van der Waals surface area (Å²) in [6, 6.07) is 34.2. The number of benzene rings is 4. The van der Waals surface area contributed by atoms with Crippen LogP contribution in [0.1, 0.15) is 37.3 Å². The first kappa shape index (κ1) is 35.1. The molecule has 10 heteroatoms. The molecule has 4 aromatic rings. The molecular weight excluding hydrogens is 654 g/mol. The van der Waals surface area contributed by atoms with Gasteiger partial charge in [-0.25, -0.2) is 0 Å². The van der Waals surface area contributed by atoms with Crippen LogP contribution in [0.4, 0.5) is 22.7 Å². The molecule has 52 heavy (non-hydrogen) atoms. The van der Waals surface area contributed by atoms with E-state index >= 15 is 0 Å². The minimum Gasteiger partial charge on any atom is -0.395 e. The van der Waals surface area contributed by atoms with Crippen LogP contribution >= 0.6 is 0 Å². The highest BCUT2D eigenvalue weighted by molar-refractivity contribution is 6.13. The lowest BCUT2D eigenvalue weighted by Crippen LogP contribution is -2.55. The zero-order valence-electron chi connectivity index (χ0n) is 29.4. The van der Waals surface area contributed by atoms with E-state index in [0.717, 1.165) is 24.3 Å². The number of carbonyl (C=O) groups is 3. The fourth-order valence-corrected chi connectivity index (χ4v) is 7.89. The molecule has 7 rings (SSSR count). The first-order valence-electron chi connectivity index (χ1n) is 18.0. The van der Waals surface area contributed by atoms with Gasteiger partial charge in [0, 0.05) is 48.1 Å². The molecule has 268 valence electrons. The Morgan fingerprint density at radius 2 is 1.50 bits per heavy atom. The van der Waals surface area contributed by atoms with Crippen LogP contribution in [0.2, 0.25) is 0 Å². The Kier molecular flexibility index (Phi) is 9.96. The number of para-hydroxylation sites is 2. The number of hydrogen-bond acceptors (Lipinski definition) is 7. The smallest absolute Gasteiger partial charge is 0.268 e. The largest absolute Gasteiger partial charge is 0.395 e. The van der Waals surface area contributed by atoms with E-state index < -0.39 is 23.0 Å². The molecule has 0 saturated carbocycles. The van der Waals surface area contributed by atoms with Gasteiger partial charge in [0.25, 0.3) is 11.8 Å². The Balaban J connectivity index is 1.21. The molecule has 2 atom stereocenters. The van der Waals surface area contributed by atoms with Gasteiger partial charge >= 0.3 is 0 Å². The van der Waals surface area contributed by atoms with E-state index in [4.69, 9.17) is 0 Å². The molecule has 3 aliphatic heterocycles. The van der Waals surface area contributed by atoms with Crippen molar-refractivity contribution in [3.63, 3.8) is 0 Å². The Morgan fingerprint density at radius 1 is 0.865 bits per heavy atom. The van der Waals surface area contributed by atoms with E-state index in [2.05, 4.69) is 10.2 Å². The highest BCUT2D eigenvalue weighted by atomic mass is 16.3. The van der Waals surface area contributed by atoms with E-state index in [1.54, 1.807) is 34.9 Å². The third kappa shape index (κ3) is 6.27. The minimum atomic E-state index is -1.98. The summed E-state index contributed by atoms with van der Waals surface area (Å²) in [5.41, 5.74) is 1.40. The summed E-state index contributed by atoms with van der Waals surface area (Å²) in [5, 5.41) is 25.6. The summed E-state index contributed by atoms with van der Waals surface area (Å²) < 4.78 is 0. The molecule has 2 fully saturated rings. The lowest BCUT2D eigenvalue weighted by Gasteiger charge is -2.39. The van der Waals surface area contributed by atoms with E-state index in [0.29, 0.717) is 48.7 Å². The van der Waals surface area contributed by atoms with Crippen molar-refractivity contribution in [2.45, 2.75) is 43.9 Å². The topological polar surface area (TPSA) is 117 Å². The van der Waals surface area contributed by atoms with E-state index in [1.807, 2.05) is 103 Å². The van der Waals surface area contributed by atoms with Crippen molar-refractivity contribution in [3.05, 3.63) is 132 Å². The number of rotatable bonds is 11. The highest BCUT2D eigenvalue weighted by Gasteiger charge is 2.56. The Morgan fingerprint density at radius 3 is 2.15 bits per heavy atom. The minimum absolute atomic E-state index is 0.0000234. The van der Waals surface area contributed by atoms with Crippen LogP contribution in [0.3, 0.4) is 0 Å². The first-order chi connectivity index (χ1) is 25.3. The highest BCUT2D eigenvalue weighted by Crippen LogP contribution is 2.50. The number of nitrogens with zero attached hydrogens (tertiary/aromatic N) is 4. The lowest BCUT2D eigenvalue weighted by molar-refractivity contribution is -0.138. The lowest BCUT2D eigenvalue weighted by atomic mass is 9.82. The number of nitrogens with one attached hydrogen (secondary N) is 1. The number of anilines is 4. The van der Waals surface area contributed by atoms with Crippen molar-refractivity contribution in [1.29, 1.82) is 0 Å². The van der Waals surface area contributed by atoms with Crippen molar-refractivity contribution in [3.8, 4) is 0 Å². The molecule has 3 aliphatic rings. The summed E-state index contributed by atoms with van der Waals surface area (Å²) in [6.45, 7) is 3.94. The van der Waals surface area contributed by atoms with Gasteiger partial charge in [0.05, 0.1) is 19.0 Å². The molecular formula is C42H45N5O5. The first-order valence-corrected chi connectivity index (χ1v) is 18.0. The van der Waals surface area contributed by atoms with Gasteiger partial charge in [-0.2, -0.15) is 0 Å². The van der Waals surface area contributed by atoms with Gasteiger partial charge in [0.15, 0.2) is 5.60 Å². The summed E-state index contributed by atoms with van der Waals surface area (Å²) in [5.74, 6) is -1.42. The van der Waals surface area contributed by atoms with Crippen LogP contribution in [-0.2, 0) is 26.5 Å². The molecule has 1 spiro atoms. The van der Waals surface area contributed by atoms with Gasteiger partial charge in [-0.1, -0.05) is 85.8 Å². The zero-order chi connectivity index (χ0) is 36.3. The molecule has 0 radical (unpaired) electrons. The number of hydrogen-bond donors (Lipinski definition) is 3. The van der Waals surface area contributed by atoms with E-state index in [-0.39, 0.29) is 31.4 Å². The maximum absolute atomic E-state index is 14.5. The van der Waals surface area contributed by atoms with Crippen molar-refractivity contribution in [2.24, 2.45) is 5.92 Å². The number of fused-ring (bicyclic) bond motifs is 1. The Labute approximate surface area is 304 Å². The zero-order valence-corrected chi connectivity index (χ0v) is 29.4. The fraction of sp³-hybridized carbons (Fsp3) is 0.310. The molecule has 3 N–H and O–H groups in total. The van der Waals surface area contributed by atoms with Crippen LogP contribution in [-0.4, -0.2) is 71.3 Å². The second-order valence-electron chi connectivity index (χ2n) is 13.8. The number of piperidine rings is 1. The average molecular weight is 700 g/mol. The summed E-state index contributed by atoms with van der Waals surface area (Å²) >= 11 is 0. The molecule has 0 unspecified atom stereocenters. The quantitative estimate of drug-likeness (QED) is 0.187. The van der Waals surface area contributed by atoms with Crippen LogP contribution in [0.25, 0.3) is 0 Å². The molecule has 0 aliphatic carbocycles. The number of aliphatic hydroxyl groups is 2. The van der Waals surface area contributed by atoms with Crippen LogP contribution in [0.5, 0.6) is 0 Å². The maximum Gasteiger partial charge on any atom is 0.268 e. The summed E-state index contributed by atoms with van der Waals surface area (Å²) in [7, 11) is 0. The maximum atomic E-state index is 14.5. The van der Waals surface area contributed by atoms with Crippen LogP contribution in [0.15, 0.2) is 121 Å². The van der Waals surface area contributed by atoms with Crippen LogP contribution < -0.4 is 20.0 Å². The van der Waals surface area contributed by atoms with Crippen molar-refractivity contribution in [2.75, 3.05) is 47.6 Å². The van der Waals surface area contributed by atoms with Gasteiger partial charge in [-0.15, -0.1) is 0 Å². The van der Waals surface area contributed by atoms with Gasteiger partial charge in [0.1, 0.15) is 5.54 Å². The Hall–Kier alpha value is -5.29. The molecule has 2 saturated heterocycles. The monoisotopic (exact) mass is 699 g/mol. The molecule has 0 bridgehead atoms. The SMILES string of the molecule is C[C@@H](/C=C/CC(=O)N(CCO)Cc1ccccc1)[C@]1(O)C(=O)N(c2ccccc2)c2ccc(N3CN(c4ccccc4)C4(CCNCC4)C3=O)cc21. The molecule has 3 amide bonds. The molecule has 0 aromatic heterocycles. The number of amides is 3. The summed E-state index contributed by atoms with van der Waals surface area (Å²) in [6.07, 6.45) is 4.75. The van der Waals surface area contributed by atoms with Crippen LogP contribution in [0, 0.1) is 5.92 Å². The fourth-order valence-electron chi connectivity index (χ4n) is 7.89. The number of carbonyl (C=O) groups excluding carboxylic acids is 3. The van der Waals surface area contributed by atoms with Gasteiger partial charge in [-0.3, -0.25) is 24.2 Å². The predicted octanol–water partition coefficient (Wildman–Crippen LogP) is 5.09. The predicted molar refractivity (Wildman–Crippen MR) is 202 cm³/mol. The standard InChI is InChI=1S/C42H45N5O5/c1-31(12-11-19-38(49)44(26-27-48)29-32-13-5-2-6-14-32)42(52)36-28-35(20-21-37(36)47(40(42)51)34-17-9-4-10-18-34)45-30-46(33-15-7-3-8-16-33)41(39(45)50)22-24-43-25-23-41/h2-18,20-21,28,31,43,48,52H,19,22-27,29-30H2,1H3/b12-11+/t31-,42+/m0/s1.